The quantitative estimate of drug-likeness (QED) is 0.736. The number of oxazole rings is 1. The second-order valence-electron chi connectivity index (χ2n) is 7.58. The van der Waals surface area contributed by atoms with E-state index in [-0.39, 0.29) is 30.7 Å². The maximum atomic E-state index is 12.4. The third kappa shape index (κ3) is 5.90. The van der Waals surface area contributed by atoms with Crippen LogP contribution in [0.3, 0.4) is 0 Å². The lowest BCUT2D eigenvalue weighted by Crippen LogP contribution is -2.44. The van der Waals surface area contributed by atoms with Crippen molar-refractivity contribution in [2.24, 2.45) is 5.92 Å². The zero-order valence-corrected chi connectivity index (χ0v) is 18.3. The molecule has 1 amide bonds. The van der Waals surface area contributed by atoms with Gasteiger partial charge in [-0.15, -0.1) is 24.8 Å². The monoisotopic (exact) mass is 444 g/mol. The minimum Gasteiger partial charge on any atom is -0.497 e. The summed E-state index contributed by atoms with van der Waals surface area (Å²) in [5.41, 5.74) is 1.56. The molecule has 29 heavy (non-hydrogen) atoms. The van der Waals surface area contributed by atoms with Crippen molar-refractivity contribution in [1.29, 1.82) is 0 Å². The number of methoxy groups -OCH3 is 1. The molecule has 2 N–H and O–H groups in total. The number of rotatable bonds is 5. The summed E-state index contributed by atoms with van der Waals surface area (Å²) in [5, 5.41) is 6.53. The van der Waals surface area contributed by atoms with Crippen molar-refractivity contribution in [1.82, 2.24) is 15.6 Å². The molecule has 2 aromatic rings. The number of piperidine rings is 2. The number of hydrogen-bond donors (Lipinski definition) is 2. The van der Waals surface area contributed by atoms with Gasteiger partial charge >= 0.3 is 0 Å². The maximum Gasteiger partial charge on any atom is 0.298 e. The van der Waals surface area contributed by atoms with Gasteiger partial charge in [-0.2, -0.15) is 4.98 Å². The van der Waals surface area contributed by atoms with Gasteiger partial charge in [0.05, 0.1) is 7.11 Å². The first kappa shape index (κ1) is 23.6. The fraction of sp³-hybridized carbons (Fsp3) is 0.600. The number of hydrogen-bond acceptors (Lipinski definition) is 6. The molecule has 2 saturated heterocycles. The van der Waals surface area contributed by atoms with Gasteiger partial charge in [0, 0.05) is 31.6 Å². The lowest BCUT2D eigenvalue weighted by atomic mass is 9.94. The standard InChI is InChI=1S/C20H28N4O3.2ClH/c1-26-16-4-5-18-17(12-16)23-20(27-18)24-10-2-3-14(13-24)11-19(25)22-15-6-8-21-9-7-15;;/h4-5,12,14-15,21H,2-3,6-11,13H2,1H3,(H,22,25);2*1H. The van der Waals surface area contributed by atoms with Crippen molar-refractivity contribution in [2.45, 2.75) is 38.1 Å². The Bertz CT molecular complexity index is 795. The summed E-state index contributed by atoms with van der Waals surface area (Å²) in [4.78, 5) is 19.2. The Morgan fingerprint density at radius 2 is 2.10 bits per heavy atom. The molecule has 162 valence electrons. The van der Waals surface area contributed by atoms with Gasteiger partial charge in [-0.3, -0.25) is 4.79 Å². The van der Waals surface area contributed by atoms with Gasteiger partial charge < -0.3 is 24.7 Å². The Morgan fingerprint density at radius 1 is 1.31 bits per heavy atom. The van der Waals surface area contributed by atoms with Crippen molar-refractivity contribution < 1.29 is 13.9 Å². The molecule has 4 rings (SSSR count). The summed E-state index contributed by atoms with van der Waals surface area (Å²) in [6.07, 6.45) is 4.75. The lowest BCUT2D eigenvalue weighted by Gasteiger charge is -2.32. The summed E-state index contributed by atoms with van der Waals surface area (Å²) in [6, 6.07) is 6.61. The van der Waals surface area contributed by atoms with Crippen LogP contribution in [-0.4, -0.2) is 50.2 Å². The van der Waals surface area contributed by atoms with E-state index >= 15 is 0 Å². The number of ether oxygens (including phenoxy) is 1. The van der Waals surface area contributed by atoms with E-state index in [0.29, 0.717) is 24.4 Å². The van der Waals surface area contributed by atoms with E-state index in [9.17, 15) is 4.79 Å². The largest absolute Gasteiger partial charge is 0.497 e. The van der Waals surface area contributed by atoms with E-state index in [0.717, 1.165) is 68.7 Å². The predicted octanol–water partition coefficient (Wildman–Crippen LogP) is 3.15. The molecule has 2 aliphatic heterocycles. The van der Waals surface area contributed by atoms with Crippen molar-refractivity contribution >= 4 is 47.8 Å². The van der Waals surface area contributed by atoms with Gasteiger partial charge in [-0.25, -0.2) is 0 Å². The van der Waals surface area contributed by atoms with Gasteiger partial charge in [-0.1, -0.05) is 0 Å². The molecule has 0 aliphatic carbocycles. The van der Waals surface area contributed by atoms with Crippen LogP contribution in [0.1, 0.15) is 32.1 Å². The van der Waals surface area contributed by atoms with Crippen LogP contribution in [0.5, 0.6) is 5.75 Å². The van der Waals surface area contributed by atoms with Crippen LogP contribution < -0.4 is 20.3 Å². The van der Waals surface area contributed by atoms with E-state index in [1.165, 1.54) is 0 Å². The minimum absolute atomic E-state index is 0. The Hall–Kier alpha value is -1.70. The predicted molar refractivity (Wildman–Crippen MR) is 119 cm³/mol. The number of halogens is 2. The number of amides is 1. The first-order chi connectivity index (χ1) is 13.2. The maximum absolute atomic E-state index is 12.4. The third-order valence-corrected chi connectivity index (χ3v) is 5.55. The highest BCUT2D eigenvalue weighted by molar-refractivity contribution is 5.85. The fourth-order valence-electron chi connectivity index (χ4n) is 4.08. The van der Waals surface area contributed by atoms with Crippen LogP contribution in [0.2, 0.25) is 0 Å². The van der Waals surface area contributed by atoms with Crippen LogP contribution in [0.25, 0.3) is 11.1 Å². The van der Waals surface area contributed by atoms with Gasteiger partial charge in [0.1, 0.15) is 11.3 Å². The number of carbonyl (C=O) groups is 1. The molecular weight excluding hydrogens is 415 g/mol. The molecule has 9 heteroatoms. The van der Waals surface area contributed by atoms with Crippen molar-refractivity contribution in [3.8, 4) is 5.75 Å². The molecule has 7 nitrogen and oxygen atoms in total. The molecule has 2 fully saturated rings. The third-order valence-electron chi connectivity index (χ3n) is 5.55. The van der Waals surface area contributed by atoms with Crippen molar-refractivity contribution in [3.05, 3.63) is 18.2 Å². The highest BCUT2D eigenvalue weighted by Crippen LogP contribution is 2.29. The number of aromatic nitrogens is 1. The molecule has 0 bridgehead atoms. The summed E-state index contributed by atoms with van der Waals surface area (Å²) < 4.78 is 11.2. The molecule has 0 spiro atoms. The summed E-state index contributed by atoms with van der Waals surface area (Å²) in [6.45, 7) is 3.70. The number of benzene rings is 1. The number of nitrogens with zero attached hydrogens (tertiary/aromatic N) is 2. The Kier molecular flexibility index (Phi) is 8.86. The van der Waals surface area contributed by atoms with Gasteiger partial charge in [0.25, 0.3) is 6.01 Å². The van der Waals surface area contributed by atoms with Gasteiger partial charge in [-0.05, 0) is 56.8 Å². The van der Waals surface area contributed by atoms with Crippen LogP contribution >= 0.6 is 24.8 Å². The van der Waals surface area contributed by atoms with E-state index in [1.54, 1.807) is 7.11 Å². The minimum atomic E-state index is 0. The normalized spacial score (nSPS) is 19.9. The summed E-state index contributed by atoms with van der Waals surface area (Å²) in [7, 11) is 1.65. The Balaban J connectivity index is 0.00000150. The zero-order valence-electron chi connectivity index (χ0n) is 16.7. The van der Waals surface area contributed by atoms with Crippen molar-refractivity contribution in [2.75, 3.05) is 38.2 Å². The topological polar surface area (TPSA) is 79.6 Å². The molecule has 1 unspecified atom stereocenters. The first-order valence-electron chi connectivity index (χ1n) is 9.91. The molecular formula is C20H30Cl2N4O3. The average Bonchev–Trinajstić information content (AvgIpc) is 3.12. The van der Waals surface area contributed by atoms with E-state index < -0.39 is 0 Å². The molecule has 0 saturated carbocycles. The number of fused-ring (bicyclic) bond motifs is 1. The fourth-order valence-corrected chi connectivity index (χ4v) is 4.08. The Labute approximate surface area is 183 Å². The molecule has 1 aromatic carbocycles. The number of nitrogens with one attached hydrogen (secondary N) is 2. The smallest absolute Gasteiger partial charge is 0.298 e. The van der Waals surface area contributed by atoms with Crippen LogP contribution in [0.4, 0.5) is 6.01 Å². The van der Waals surface area contributed by atoms with Gasteiger partial charge in [0.2, 0.25) is 5.91 Å². The number of carbonyl (C=O) groups excluding carboxylic acids is 1. The second-order valence-corrected chi connectivity index (χ2v) is 7.58. The highest BCUT2D eigenvalue weighted by Gasteiger charge is 2.26. The van der Waals surface area contributed by atoms with Gasteiger partial charge in [0.15, 0.2) is 5.58 Å². The van der Waals surface area contributed by atoms with E-state index in [4.69, 9.17) is 9.15 Å². The Morgan fingerprint density at radius 3 is 2.86 bits per heavy atom. The molecule has 1 aromatic heterocycles. The highest BCUT2D eigenvalue weighted by atomic mass is 35.5. The molecule has 0 radical (unpaired) electrons. The van der Waals surface area contributed by atoms with E-state index in [2.05, 4.69) is 20.5 Å². The first-order valence-corrected chi connectivity index (χ1v) is 9.91. The lowest BCUT2D eigenvalue weighted by molar-refractivity contribution is -0.122. The zero-order chi connectivity index (χ0) is 18.6. The van der Waals surface area contributed by atoms with Crippen LogP contribution in [-0.2, 0) is 4.79 Å². The van der Waals surface area contributed by atoms with Crippen LogP contribution in [0.15, 0.2) is 22.6 Å². The number of anilines is 1. The summed E-state index contributed by atoms with van der Waals surface area (Å²) >= 11 is 0. The SMILES string of the molecule is COc1ccc2oc(N3CCCC(CC(=O)NC4CCNCC4)C3)nc2c1.Cl.Cl. The van der Waals surface area contributed by atoms with E-state index in [1.807, 2.05) is 18.2 Å². The molecule has 2 aliphatic rings. The van der Waals surface area contributed by atoms with Crippen LogP contribution in [0, 0.1) is 5.92 Å². The molecule has 1 atom stereocenters. The summed E-state index contributed by atoms with van der Waals surface area (Å²) in [5.74, 6) is 1.29. The van der Waals surface area contributed by atoms with Crippen molar-refractivity contribution in [3.63, 3.8) is 0 Å². The second kappa shape index (κ2) is 10.9. The molecule has 3 heterocycles. The average molecular weight is 445 g/mol.